The number of alkyl halides is 5. The molecule has 0 radical (unpaired) electrons. The zero-order valence-corrected chi connectivity index (χ0v) is 16.4. The number of hydrogen-bond acceptors (Lipinski definition) is 5. The van der Waals surface area contributed by atoms with Crippen LogP contribution >= 0.6 is 0 Å². The number of para-hydroxylation sites is 1. The molecule has 0 bridgehead atoms. The van der Waals surface area contributed by atoms with Gasteiger partial charge in [-0.15, -0.1) is 8.78 Å². The van der Waals surface area contributed by atoms with E-state index in [1.165, 1.54) is 17.0 Å². The minimum Gasteiger partial charge on any atom is -0.491 e. The van der Waals surface area contributed by atoms with Crippen LogP contribution in [0.4, 0.5) is 27.6 Å². The van der Waals surface area contributed by atoms with Gasteiger partial charge in [0, 0.05) is 17.3 Å². The predicted octanol–water partition coefficient (Wildman–Crippen LogP) is 4.85. The summed E-state index contributed by atoms with van der Waals surface area (Å²) in [5, 5.41) is 0. The van der Waals surface area contributed by atoms with Gasteiger partial charge in [-0.25, -0.2) is 0 Å². The number of benzene rings is 2. The molecule has 2 aromatic carbocycles. The number of halogens is 5. The summed E-state index contributed by atoms with van der Waals surface area (Å²) in [6, 6.07) is 11.2. The lowest BCUT2D eigenvalue weighted by Gasteiger charge is -2.22. The van der Waals surface area contributed by atoms with Crippen molar-refractivity contribution in [3.63, 3.8) is 0 Å². The number of anilines is 1. The van der Waals surface area contributed by atoms with Gasteiger partial charge in [-0.2, -0.15) is 13.2 Å². The topological polar surface area (TPSA) is 61.1 Å². The number of carbonyl (C=O) groups excluding carboxylic acids is 1. The highest BCUT2D eigenvalue weighted by Crippen LogP contribution is 2.56. The SMILES string of the molecule is O=C1N(Cc2ccc(C(F)(F)F)o2)c2ccccc2C12COc1cc3c(cc12)OC(F)(F)O3. The highest BCUT2D eigenvalue weighted by Gasteiger charge is 2.58. The maximum absolute atomic E-state index is 13.7. The van der Waals surface area contributed by atoms with E-state index in [-0.39, 0.29) is 36.2 Å². The Bertz CT molecular complexity index is 1320. The summed E-state index contributed by atoms with van der Waals surface area (Å²) in [4.78, 5) is 15.0. The molecule has 0 aliphatic carbocycles. The Balaban J connectivity index is 1.43. The molecule has 3 aromatic rings. The number of fused-ring (bicyclic) bond motifs is 5. The van der Waals surface area contributed by atoms with Crippen molar-refractivity contribution in [2.24, 2.45) is 0 Å². The quantitative estimate of drug-likeness (QED) is 0.507. The van der Waals surface area contributed by atoms with E-state index in [0.29, 0.717) is 16.8 Å². The molecule has 4 heterocycles. The Hall–Kier alpha value is -3.76. The van der Waals surface area contributed by atoms with Crippen molar-refractivity contribution >= 4 is 11.6 Å². The lowest BCUT2D eigenvalue weighted by atomic mass is 9.77. The van der Waals surface area contributed by atoms with Gasteiger partial charge in [0.15, 0.2) is 11.5 Å². The number of ether oxygens (including phenoxy) is 3. The van der Waals surface area contributed by atoms with Gasteiger partial charge in [-0.1, -0.05) is 18.2 Å². The maximum Gasteiger partial charge on any atom is 0.586 e. The molecule has 170 valence electrons. The molecule has 33 heavy (non-hydrogen) atoms. The second-order valence-electron chi connectivity index (χ2n) is 7.83. The molecule has 6 rings (SSSR count). The summed E-state index contributed by atoms with van der Waals surface area (Å²) in [5.41, 5.74) is -0.103. The highest BCUT2D eigenvalue weighted by atomic mass is 19.4. The molecular formula is C22H12F5NO5. The number of hydrogen-bond donors (Lipinski definition) is 0. The van der Waals surface area contributed by atoms with Gasteiger partial charge in [0.1, 0.15) is 23.5 Å². The molecule has 1 atom stereocenters. The van der Waals surface area contributed by atoms with Crippen molar-refractivity contribution in [3.05, 3.63) is 71.2 Å². The van der Waals surface area contributed by atoms with Gasteiger partial charge in [0.05, 0.1) is 6.54 Å². The summed E-state index contributed by atoms with van der Waals surface area (Å²) < 4.78 is 85.5. The monoisotopic (exact) mass is 465 g/mol. The molecule has 1 spiro atoms. The highest BCUT2D eigenvalue weighted by molar-refractivity contribution is 6.11. The minimum atomic E-state index is -4.66. The van der Waals surface area contributed by atoms with E-state index in [2.05, 4.69) is 9.47 Å². The average molecular weight is 465 g/mol. The fourth-order valence-electron chi connectivity index (χ4n) is 4.55. The Morgan fingerprint density at radius 2 is 1.67 bits per heavy atom. The average Bonchev–Trinajstić information content (AvgIpc) is 3.47. The lowest BCUT2D eigenvalue weighted by molar-refractivity contribution is -0.286. The molecular weight excluding hydrogens is 453 g/mol. The third-order valence-corrected chi connectivity index (χ3v) is 5.93. The van der Waals surface area contributed by atoms with Crippen molar-refractivity contribution in [3.8, 4) is 17.2 Å². The second-order valence-corrected chi connectivity index (χ2v) is 7.83. The van der Waals surface area contributed by atoms with E-state index in [4.69, 9.17) is 9.15 Å². The van der Waals surface area contributed by atoms with Crippen molar-refractivity contribution in [2.45, 2.75) is 24.4 Å². The number of amides is 1. The van der Waals surface area contributed by atoms with Crippen LogP contribution in [0.2, 0.25) is 0 Å². The first-order chi connectivity index (χ1) is 15.6. The molecule has 3 aliphatic rings. The van der Waals surface area contributed by atoms with Crippen molar-refractivity contribution in [2.75, 3.05) is 11.5 Å². The van der Waals surface area contributed by atoms with E-state index in [9.17, 15) is 26.7 Å². The summed E-state index contributed by atoms with van der Waals surface area (Å²) in [7, 11) is 0. The van der Waals surface area contributed by atoms with Gasteiger partial charge >= 0.3 is 12.5 Å². The van der Waals surface area contributed by atoms with E-state index < -0.39 is 29.6 Å². The Labute approximate surface area is 182 Å². The largest absolute Gasteiger partial charge is 0.586 e. The normalized spacial score (nSPS) is 22.0. The molecule has 3 aliphatic heterocycles. The van der Waals surface area contributed by atoms with Crippen LogP contribution in [0.3, 0.4) is 0 Å². The molecule has 1 amide bonds. The van der Waals surface area contributed by atoms with Gasteiger partial charge in [0.25, 0.3) is 0 Å². The first kappa shape index (κ1) is 19.9. The van der Waals surface area contributed by atoms with Crippen molar-refractivity contribution < 1.29 is 45.4 Å². The summed E-state index contributed by atoms with van der Waals surface area (Å²) >= 11 is 0. The third kappa shape index (κ3) is 2.74. The summed E-state index contributed by atoms with van der Waals surface area (Å²) in [5.74, 6) is -2.01. The number of rotatable bonds is 2. The molecule has 1 aromatic heterocycles. The van der Waals surface area contributed by atoms with Gasteiger partial charge in [-0.3, -0.25) is 4.79 Å². The van der Waals surface area contributed by atoms with Crippen molar-refractivity contribution in [1.82, 2.24) is 0 Å². The lowest BCUT2D eigenvalue weighted by Crippen LogP contribution is -2.42. The number of carbonyl (C=O) groups is 1. The molecule has 6 nitrogen and oxygen atoms in total. The Kier molecular flexibility index (Phi) is 3.72. The van der Waals surface area contributed by atoms with E-state index in [1.54, 1.807) is 24.3 Å². The van der Waals surface area contributed by atoms with Crippen LogP contribution in [-0.4, -0.2) is 18.8 Å². The minimum absolute atomic E-state index is 0.0630. The standard InChI is InChI=1S/C22H12F5NO5/c23-21(24,25)18-6-5-11(31-18)9-28-14-4-2-1-3-12(14)20(19(28)29)10-30-15-8-17-16(7-13(15)20)32-22(26,27)33-17/h1-8H,9-10H2. The zero-order chi connectivity index (χ0) is 23.2. The van der Waals surface area contributed by atoms with Crippen LogP contribution in [0.15, 0.2) is 52.9 Å². The van der Waals surface area contributed by atoms with Crippen LogP contribution in [-0.2, 0) is 22.9 Å². The van der Waals surface area contributed by atoms with Crippen LogP contribution in [0.5, 0.6) is 17.2 Å². The van der Waals surface area contributed by atoms with Crippen LogP contribution < -0.4 is 19.1 Å². The molecule has 1 unspecified atom stereocenters. The maximum atomic E-state index is 13.7. The summed E-state index contributed by atoms with van der Waals surface area (Å²) in [6.07, 6.45) is -8.50. The molecule has 11 heteroatoms. The molecule has 0 saturated carbocycles. The van der Waals surface area contributed by atoms with Gasteiger partial charge in [0.2, 0.25) is 11.7 Å². The number of furan rings is 1. The van der Waals surface area contributed by atoms with E-state index in [0.717, 1.165) is 12.1 Å². The van der Waals surface area contributed by atoms with Crippen LogP contribution in [0, 0.1) is 0 Å². The number of nitrogens with zero attached hydrogens (tertiary/aromatic N) is 1. The predicted molar refractivity (Wildman–Crippen MR) is 100 cm³/mol. The first-order valence-corrected chi connectivity index (χ1v) is 9.73. The Morgan fingerprint density at radius 3 is 2.39 bits per heavy atom. The fraction of sp³-hybridized carbons (Fsp3) is 0.227. The van der Waals surface area contributed by atoms with Gasteiger partial charge in [-0.05, 0) is 29.8 Å². The van der Waals surface area contributed by atoms with Gasteiger partial charge < -0.3 is 23.5 Å². The zero-order valence-electron chi connectivity index (χ0n) is 16.4. The smallest absolute Gasteiger partial charge is 0.491 e. The summed E-state index contributed by atoms with van der Waals surface area (Å²) in [6.45, 7) is -0.383. The third-order valence-electron chi connectivity index (χ3n) is 5.93. The first-order valence-electron chi connectivity index (χ1n) is 9.73. The second kappa shape index (κ2) is 6.18. The molecule has 0 fully saturated rings. The van der Waals surface area contributed by atoms with Crippen LogP contribution in [0.25, 0.3) is 0 Å². The fourth-order valence-corrected chi connectivity index (χ4v) is 4.55. The van der Waals surface area contributed by atoms with Crippen molar-refractivity contribution in [1.29, 1.82) is 0 Å². The molecule has 0 N–H and O–H groups in total. The van der Waals surface area contributed by atoms with E-state index >= 15 is 0 Å². The van der Waals surface area contributed by atoms with Crippen LogP contribution in [0.1, 0.15) is 22.6 Å². The Morgan fingerprint density at radius 1 is 0.939 bits per heavy atom. The van der Waals surface area contributed by atoms with E-state index in [1.807, 2.05) is 0 Å². The molecule has 0 saturated heterocycles.